The second-order valence-corrected chi connectivity index (χ2v) is 7.81. The molecule has 2 N–H and O–H groups in total. The van der Waals surface area contributed by atoms with Crippen LogP contribution < -0.4 is 10.0 Å². The van der Waals surface area contributed by atoms with Gasteiger partial charge >= 0.3 is 0 Å². The van der Waals surface area contributed by atoms with Crippen molar-refractivity contribution in [3.63, 3.8) is 0 Å². The largest absolute Gasteiger partial charge is 0.351 e. The van der Waals surface area contributed by atoms with Crippen LogP contribution in [-0.4, -0.2) is 20.4 Å². The van der Waals surface area contributed by atoms with Crippen molar-refractivity contribution < 1.29 is 17.6 Å². The molecule has 5 nitrogen and oxygen atoms in total. The van der Waals surface area contributed by atoms with Crippen LogP contribution in [0.4, 0.5) is 4.39 Å². The Labute approximate surface area is 155 Å². The number of hydrogen-bond acceptors (Lipinski definition) is 3. The zero-order valence-electron chi connectivity index (χ0n) is 13.1. The van der Waals surface area contributed by atoms with E-state index in [1.807, 2.05) is 0 Å². The van der Waals surface area contributed by atoms with Crippen molar-refractivity contribution >= 4 is 39.1 Å². The van der Waals surface area contributed by atoms with Crippen LogP contribution >= 0.6 is 23.2 Å². The summed E-state index contributed by atoms with van der Waals surface area (Å²) < 4.78 is 39.5. The molecule has 25 heavy (non-hydrogen) atoms. The maximum Gasteiger partial charge on any atom is 0.241 e. The number of amides is 1. The highest BCUT2D eigenvalue weighted by molar-refractivity contribution is 7.89. The Morgan fingerprint density at radius 1 is 1.16 bits per heavy atom. The number of benzene rings is 2. The fourth-order valence-corrected chi connectivity index (χ4v) is 3.65. The third kappa shape index (κ3) is 5.40. The molecule has 0 fully saturated rings. The molecular weight excluding hydrogens is 390 g/mol. The highest BCUT2D eigenvalue weighted by Crippen LogP contribution is 2.20. The van der Waals surface area contributed by atoms with Crippen LogP contribution in [0.3, 0.4) is 0 Å². The van der Waals surface area contributed by atoms with Crippen molar-refractivity contribution in [1.29, 1.82) is 0 Å². The summed E-state index contributed by atoms with van der Waals surface area (Å²) in [6.07, 6.45) is 0. The lowest BCUT2D eigenvalue weighted by Gasteiger charge is -2.15. The van der Waals surface area contributed by atoms with E-state index in [-0.39, 0.29) is 11.4 Å². The summed E-state index contributed by atoms with van der Waals surface area (Å²) >= 11 is 11.8. The minimum absolute atomic E-state index is 0.122. The molecule has 0 radical (unpaired) electrons. The van der Waals surface area contributed by atoms with E-state index >= 15 is 0 Å². The second kappa shape index (κ2) is 8.14. The Balaban J connectivity index is 1.98. The van der Waals surface area contributed by atoms with Crippen molar-refractivity contribution in [2.45, 2.75) is 24.4 Å². The van der Waals surface area contributed by atoms with Crippen LogP contribution in [0.2, 0.25) is 10.0 Å². The van der Waals surface area contributed by atoms with E-state index in [4.69, 9.17) is 23.2 Å². The van der Waals surface area contributed by atoms with Gasteiger partial charge in [0.25, 0.3) is 0 Å². The van der Waals surface area contributed by atoms with E-state index in [2.05, 4.69) is 10.0 Å². The molecule has 2 aromatic rings. The fourth-order valence-electron chi connectivity index (χ4n) is 1.97. The van der Waals surface area contributed by atoms with E-state index in [0.29, 0.717) is 15.6 Å². The molecule has 1 atom stereocenters. The van der Waals surface area contributed by atoms with Gasteiger partial charge in [-0.2, -0.15) is 4.72 Å². The number of carbonyl (C=O) groups is 1. The standard InChI is InChI=1S/C16H15Cl2FN2O3S/c1-10(21-25(23,24)14-6-4-13(19)5-7-14)16(22)20-9-11-2-3-12(17)8-15(11)18/h2-8,10,21H,9H2,1H3,(H,20,22). The third-order valence-corrected chi connectivity index (χ3v) is 5.46. The summed E-state index contributed by atoms with van der Waals surface area (Å²) in [4.78, 5) is 12.0. The van der Waals surface area contributed by atoms with E-state index in [1.54, 1.807) is 18.2 Å². The number of nitrogens with one attached hydrogen (secondary N) is 2. The molecule has 0 aromatic heterocycles. The second-order valence-electron chi connectivity index (χ2n) is 5.25. The molecule has 0 spiro atoms. The zero-order valence-corrected chi connectivity index (χ0v) is 15.4. The number of sulfonamides is 1. The highest BCUT2D eigenvalue weighted by Gasteiger charge is 2.22. The number of rotatable bonds is 6. The van der Waals surface area contributed by atoms with Crippen LogP contribution in [0.15, 0.2) is 47.4 Å². The first-order chi connectivity index (χ1) is 11.7. The van der Waals surface area contributed by atoms with Crippen LogP contribution in [0.5, 0.6) is 0 Å². The minimum Gasteiger partial charge on any atom is -0.351 e. The Kier molecular flexibility index (Phi) is 6.40. The predicted molar refractivity (Wildman–Crippen MR) is 94.5 cm³/mol. The number of carbonyl (C=O) groups excluding carboxylic acids is 1. The van der Waals surface area contributed by atoms with Gasteiger partial charge < -0.3 is 5.32 Å². The van der Waals surface area contributed by atoms with Crippen molar-refractivity contribution in [3.8, 4) is 0 Å². The maximum atomic E-state index is 12.9. The average Bonchev–Trinajstić information content (AvgIpc) is 2.53. The Bertz CT molecular complexity index is 873. The normalized spacial score (nSPS) is 12.6. The van der Waals surface area contributed by atoms with Gasteiger partial charge in [0.2, 0.25) is 15.9 Å². The van der Waals surface area contributed by atoms with Gasteiger partial charge in [-0.1, -0.05) is 29.3 Å². The number of halogens is 3. The predicted octanol–water partition coefficient (Wildman–Crippen LogP) is 3.12. The average molecular weight is 405 g/mol. The summed E-state index contributed by atoms with van der Waals surface area (Å²) in [5, 5.41) is 3.46. The Hall–Kier alpha value is -1.67. The summed E-state index contributed by atoms with van der Waals surface area (Å²) in [5.74, 6) is -1.08. The van der Waals surface area contributed by atoms with E-state index in [0.717, 1.165) is 24.3 Å². The van der Waals surface area contributed by atoms with Crippen molar-refractivity contribution in [2.24, 2.45) is 0 Å². The van der Waals surface area contributed by atoms with Crippen LogP contribution in [0.1, 0.15) is 12.5 Å². The molecule has 2 aromatic carbocycles. The van der Waals surface area contributed by atoms with Gasteiger partial charge in [-0.15, -0.1) is 0 Å². The maximum absolute atomic E-state index is 12.9. The van der Waals surface area contributed by atoms with Gasteiger partial charge in [0.1, 0.15) is 5.82 Å². The molecule has 134 valence electrons. The van der Waals surface area contributed by atoms with Gasteiger partial charge in [-0.25, -0.2) is 12.8 Å². The lowest BCUT2D eigenvalue weighted by Crippen LogP contribution is -2.44. The van der Waals surface area contributed by atoms with Crippen molar-refractivity contribution in [3.05, 3.63) is 63.9 Å². The quantitative estimate of drug-likeness (QED) is 0.776. The minimum atomic E-state index is -3.94. The Morgan fingerprint density at radius 2 is 1.80 bits per heavy atom. The summed E-state index contributed by atoms with van der Waals surface area (Å²) in [6.45, 7) is 1.53. The molecule has 0 aliphatic rings. The molecule has 0 aliphatic carbocycles. The van der Waals surface area contributed by atoms with E-state index in [1.165, 1.54) is 6.92 Å². The molecular formula is C16H15Cl2FN2O3S. The first kappa shape index (κ1) is 19.7. The molecule has 0 heterocycles. The summed E-state index contributed by atoms with van der Waals surface area (Å²) in [5.41, 5.74) is 0.646. The molecule has 0 aliphatic heterocycles. The SMILES string of the molecule is CC(NS(=O)(=O)c1ccc(F)cc1)C(=O)NCc1ccc(Cl)cc1Cl. The van der Waals surface area contributed by atoms with Gasteiger partial charge in [0, 0.05) is 16.6 Å². The summed E-state index contributed by atoms with van der Waals surface area (Å²) in [6, 6.07) is 8.12. The smallest absolute Gasteiger partial charge is 0.241 e. The molecule has 0 saturated heterocycles. The van der Waals surface area contributed by atoms with Crippen LogP contribution in [0.25, 0.3) is 0 Å². The van der Waals surface area contributed by atoms with Crippen molar-refractivity contribution in [2.75, 3.05) is 0 Å². The molecule has 1 amide bonds. The molecule has 0 bridgehead atoms. The topological polar surface area (TPSA) is 75.3 Å². The van der Waals surface area contributed by atoms with Crippen molar-refractivity contribution in [1.82, 2.24) is 10.0 Å². The summed E-state index contributed by atoms with van der Waals surface area (Å²) in [7, 11) is -3.94. The monoisotopic (exact) mass is 404 g/mol. The fraction of sp³-hybridized carbons (Fsp3) is 0.188. The highest BCUT2D eigenvalue weighted by atomic mass is 35.5. The van der Waals surface area contributed by atoms with E-state index in [9.17, 15) is 17.6 Å². The molecule has 0 saturated carbocycles. The number of hydrogen-bond donors (Lipinski definition) is 2. The first-order valence-electron chi connectivity index (χ1n) is 7.18. The molecule has 1 unspecified atom stereocenters. The van der Waals surface area contributed by atoms with Gasteiger partial charge in [-0.05, 0) is 48.9 Å². The molecule has 2 rings (SSSR count). The first-order valence-corrected chi connectivity index (χ1v) is 9.42. The lowest BCUT2D eigenvalue weighted by atomic mass is 10.2. The van der Waals surface area contributed by atoms with Crippen LogP contribution in [-0.2, 0) is 21.4 Å². The van der Waals surface area contributed by atoms with Gasteiger partial charge in [-0.3, -0.25) is 4.79 Å². The Morgan fingerprint density at radius 3 is 2.40 bits per heavy atom. The van der Waals surface area contributed by atoms with E-state index < -0.39 is 27.8 Å². The van der Waals surface area contributed by atoms with Gasteiger partial charge in [0.15, 0.2) is 0 Å². The van der Waals surface area contributed by atoms with Crippen LogP contribution in [0, 0.1) is 5.82 Å². The zero-order chi connectivity index (χ0) is 18.6. The third-order valence-electron chi connectivity index (χ3n) is 3.32. The van der Waals surface area contributed by atoms with Gasteiger partial charge in [0.05, 0.1) is 10.9 Å². The molecule has 9 heteroatoms. The lowest BCUT2D eigenvalue weighted by molar-refractivity contribution is -0.122.